The largest absolute Gasteiger partial charge is 0.353 e. The zero-order valence-electron chi connectivity index (χ0n) is 18.6. The van der Waals surface area contributed by atoms with E-state index in [2.05, 4.69) is 24.5 Å². The molecule has 4 bridgehead atoms. The van der Waals surface area contributed by atoms with E-state index in [1.165, 1.54) is 19.3 Å². The van der Waals surface area contributed by atoms with Gasteiger partial charge in [-0.25, -0.2) is 0 Å². The van der Waals surface area contributed by atoms with E-state index in [0.29, 0.717) is 41.9 Å². The van der Waals surface area contributed by atoms with E-state index in [1.54, 1.807) is 17.0 Å². The summed E-state index contributed by atoms with van der Waals surface area (Å²) < 4.78 is 0. The molecule has 1 aliphatic heterocycles. The highest BCUT2D eigenvalue weighted by Crippen LogP contribution is 2.69. The minimum atomic E-state index is -0.201. The van der Waals surface area contributed by atoms with Crippen molar-refractivity contribution in [1.82, 2.24) is 15.5 Å². The van der Waals surface area contributed by atoms with Gasteiger partial charge in [-0.3, -0.25) is 14.4 Å². The molecule has 0 spiro atoms. The molecular weight excluding hydrogens is 390 g/mol. The van der Waals surface area contributed by atoms with Crippen LogP contribution in [0.15, 0.2) is 24.3 Å². The fourth-order valence-corrected chi connectivity index (χ4v) is 7.83. The van der Waals surface area contributed by atoms with Crippen LogP contribution in [0.4, 0.5) is 0 Å². The smallest absolute Gasteiger partial charge is 0.254 e. The van der Waals surface area contributed by atoms with E-state index < -0.39 is 0 Å². The predicted octanol–water partition coefficient (Wildman–Crippen LogP) is 2.87. The van der Waals surface area contributed by atoms with Gasteiger partial charge in [-0.05, 0) is 73.0 Å². The average Bonchev–Trinajstić information content (AvgIpc) is 2.69. The van der Waals surface area contributed by atoms with Gasteiger partial charge in [0.05, 0.1) is 12.0 Å². The Morgan fingerprint density at radius 3 is 2.35 bits per heavy atom. The van der Waals surface area contributed by atoms with Crippen LogP contribution in [0, 0.1) is 22.2 Å². The van der Waals surface area contributed by atoms with Crippen molar-refractivity contribution in [3.05, 3.63) is 35.4 Å². The Hall–Kier alpha value is -2.37. The number of carbonyl (C=O) groups excluding carboxylic acids is 3. The van der Waals surface area contributed by atoms with Crippen molar-refractivity contribution in [2.75, 3.05) is 19.6 Å². The number of benzene rings is 1. The van der Waals surface area contributed by atoms with Crippen LogP contribution in [0.2, 0.25) is 0 Å². The molecule has 1 aromatic rings. The molecule has 2 unspecified atom stereocenters. The van der Waals surface area contributed by atoms with E-state index in [0.717, 1.165) is 24.8 Å². The molecule has 6 rings (SSSR count). The van der Waals surface area contributed by atoms with E-state index in [1.807, 2.05) is 12.1 Å². The second kappa shape index (κ2) is 7.07. The summed E-state index contributed by atoms with van der Waals surface area (Å²) in [5, 5.41) is 5.95. The summed E-state index contributed by atoms with van der Waals surface area (Å²) in [6, 6.07) is 7.39. The van der Waals surface area contributed by atoms with Crippen molar-refractivity contribution >= 4 is 17.7 Å². The van der Waals surface area contributed by atoms with Crippen LogP contribution < -0.4 is 10.6 Å². The molecule has 3 amide bonds. The molecule has 4 aliphatic carbocycles. The SMILES string of the molecule is CC12CC3CC(C)(C1)CC(C(=O)NCc1ccc(C(=O)N4CCNC(=O)C4)cc1)(C3)C2. The van der Waals surface area contributed by atoms with E-state index in [-0.39, 0.29) is 29.7 Å². The van der Waals surface area contributed by atoms with Gasteiger partial charge >= 0.3 is 0 Å². The highest BCUT2D eigenvalue weighted by molar-refractivity contribution is 5.97. The highest BCUT2D eigenvalue weighted by atomic mass is 16.2. The van der Waals surface area contributed by atoms with Crippen LogP contribution in [-0.4, -0.2) is 42.3 Å². The molecular formula is C25H33N3O3. The maximum Gasteiger partial charge on any atom is 0.254 e. The number of carbonyl (C=O) groups is 3. The summed E-state index contributed by atoms with van der Waals surface area (Å²) in [6.07, 6.45) is 6.92. The van der Waals surface area contributed by atoms with E-state index in [4.69, 9.17) is 0 Å². The topological polar surface area (TPSA) is 78.5 Å². The van der Waals surface area contributed by atoms with Gasteiger partial charge in [0.1, 0.15) is 0 Å². The summed E-state index contributed by atoms with van der Waals surface area (Å²) in [5.74, 6) is 0.666. The minimum absolute atomic E-state index is 0.109. The Morgan fingerprint density at radius 2 is 1.74 bits per heavy atom. The second-order valence-corrected chi connectivity index (χ2v) is 11.4. The van der Waals surface area contributed by atoms with Gasteiger partial charge in [0, 0.05) is 25.2 Å². The molecule has 1 saturated heterocycles. The number of amides is 3. The Bertz CT molecular complexity index is 906. The molecule has 6 heteroatoms. The van der Waals surface area contributed by atoms with Gasteiger partial charge in [-0.15, -0.1) is 0 Å². The van der Waals surface area contributed by atoms with Crippen molar-refractivity contribution in [2.24, 2.45) is 22.2 Å². The van der Waals surface area contributed by atoms with E-state index >= 15 is 0 Å². The molecule has 4 saturated carbocycles. The molecule has 0 radical (unpaired) electrons. The van der Waals surface area contributed by atoms with Crippen LogP contribution in [0.3, 0.4) is 0 Å². The van der Waals surface area contributed by atoms with Crippen LogP contribution >= 0.6 is 0 Å². The quantitative estimate of drug-likeness (QED) is 0.782. The Labute approximate surface area is 184 Å². The molecule has 1 heterocycles. The van der Waals surface area contributed by atoms with Crippen LogP contribution in [0.5, 0.6) is 0 Å². The molecule has 166 valence electrons. The lowest BCUT2D eigenvalue weighted by molar-refractivity contribution is -0.170. The number of nitrogens with one attached hydrogen (secondary N) is 2. The Morgan fingerprint density at radius 1 is 1.06 bits per heavy atom. The first-order chi connectivity index (χ1) is 14.7. The molecule has 31 heavy (non-hydrogen) atoms. The van der Waals surface area contributed by atoms with E-state index in [9.17, 15) is 14.4 Å². The summed E-state index contributed by atoms with van der Waals surface area (Å²) >= 11 is 0. The fourth-order valence-electron chi connectivity index (χ4n) is 7.83. The summed E-state index contributed by atoms with van der Waals surface area (Å²) in [6.45, 7) is 6.40. The number of nitrogens with zero attached hydrogens (tertiary/aromatic N) is 1. The lowest BCUT2D eigenvalue weighted by atomic mass is 9.40. The van der Waals surface area contributed by atoms with Gasteiger partial charge < -0.3 is 15.5 Å². The average molecular weight is 424 g/mol. The van der Waals surface area contributed by atoms with Gasteiger partial charge in [0.2, 0.25) is 11.8 Å². The molecule has 0 aromatic heterocycles. The number of hydrogen-bond acceptors (Lipinski definition) is 3. The molecule has 2 atom stereocenters. The van der Waals surface area contributed by atoms with Gasteiger partial charge in [0.15, 0.2) is 0 Å². The zero-order chi connectivity index (χ0) is 21.9. The second-order valence-electron chi connectivity index (χ2n) is 11.4. The number of piperazine rings is 1. The maximum absolute atomic E-state index is 13.4. The van der Waals surface area contributed by atoms with Crippen molar-refractivity contribution in [3.8, 4) is 0 Å². The summed E-state index contributed by atoms with van der Waals surface area (Å²) in [5.41, 5.74) is 2.00. The summed E-state index contributed by atoms with van der Waals surface area (Å²) in [7, 11) is 0. The Balaban J connectivity index is 1.22. The third kappa shape index (κ3) is 3.74. The number of hydrogen-bond donors (Lipinski definition) is 2. The van der Waals surface area contributed by atoms with Crippen molar-refractivity contribution in [2.45, 2.75) is 58.9 Å². The lowest BCUT2D eigenvalue weighted by Gasteiger charge is -2.64. The Kier molecular flexibility index (Phi) is 4.68. The molecule has 2 N–H and O–H groups in total. The van der Waals surface area contributed by atoms with Gasteiger partial charge in [0.25, 0.3) is 5.91 Å². The first-order valence-electron chi connectivity index (χ1n) is 11.6. The normalized spacial score (nSPS) is 36.3. The maximum atomic E-state index is 13.4. The van der Waals surface area contributed by atoms with Crippen LogP contribution in [0.1, 0.15) is 68.3 Å². The minimum Gasteiger partial charge on any atom is -0.353 e. The van der Waals surface area contributed by atoms with Gasteiger partial charge in [-0.1, -0.05) is 26.0 Å². The third-order valence-electron chi connectivity index (χ3n) is 8.09. The van der Waals surface area contributed by atoms with Crippen LogP contribution in [0.25, 0.3) is 0 Å². The molecule has 5 fully saturated rings. The third-order valence-corrected chi connectivity index (χ3v) is 8.09. The summed E-state index contributed by atoms with van der Waals surface area (Å²) in [4.78, 5) is 39.1. The first kappa shape index (κ1) is 20.5. The lowest BCUT2D eigenvalue weighted by Crippen LogP contribution is -2.59. The van der Waals surface area contributed by atoms with Crippen molar-refractivity contribution in [1.29, 1.82) is 0 Å². The first-order valence-corrected chi connectivity index (χ1v) is 11.6. The fraction of sp³-hybridized carbons (Fsp3) is 0.640. The van der Waals surface area contributed by atoms with Gasteiger partial charge in [-0.2, -0.15) is 0 Å². The highest BCUT2D eigenvalue weighted by Gasteiger charge is 2.62. The molecule has 1 aromatic carbocycles. The predicted molar refractivity (Wildman–Crippen MR) is 117 cm³/mol. The monoisotopic (exact) mass is 423 g/mol. The zero-order valence-corrected chi connectivity index (χ0v) is 18.6. The molecule has 6 nitrogen and oxygen atoms in total. The molecule has 5 aliphatic rings. The van der Waals surface area contributed by atoms with Crippen molar-refractivity contribution < 1.29 is 14.4 Å². The number of rotatable bonds is 4. The van der Waals surface area contributed by atoms with Crippen molar-refractivity contribution in [3.63, 3.8) is 0 Å². The standard InChI is InChI=1S/C25H33N3O3/c1-23-9-18-10-24(2,14-23)16-25(11-18,15-23)22(31)27-12-17-3-5-19(6-4-17)21(30)28-8-7-26-20(29)13-28/h3-6,18H,7-16H2,1-2H3,(H,26,29)(H,27,31). The van der Waals surface area contributed by atoms with Crippen LogP contribution in [-0.2, 0) is 16.1 Å².